The Morgan fingerprint density at radius 1 is 1.42 bits per heavy atom. The molecule has 0 fully saturated rings. The zero-order chi connectivity index (χ0) is 14.0. The second-order valence-electron chi connectivity index (χ2n) is 3.95. The molecule has 0 aliphatic rings. The smallest absolute Gasteiger partial charge is 0.261 e. The molecule has 1 heterocycles. The van der Waals surface area contributed by atoms with Gasteiger partial charge in [0.1, 0.15) is 10.8 Å². The van der Waals surface area contributed by atoms with Gasteiger partial charge in [-0.15, -0.1) is 0 Å². The van der Waals surface area contributed by atoms with Crippen molar-refractivity contribution in [2.75, 3.05) is 0 Å². The minimum Gasteiger partial charge on any atom is -0.389 e. The lowest BCUT2D eigenvalue weighted by atomic mass is 10.2. The van der Waals surface area contributed by atoms with Crippen LogP contribution in [0.25, 0.3) is 0 Å². The summed E-state index contributed by atoms with van der Waals surface area (Å²) in [6, 6.07) is 7.62. The van der Waals surface area contributed by atoms with E-state index >= 15 is 0 Å². The van der Waals surface area contributed by atoms with E-state index in [2.05, 4.69) is 15.9 Å². The molecule has 0 unspecified atom stereocenters. The molecule has 1 aromatic carbocycles. The minimum atomic E-state index is -0.333. The Kier molecular flexibility index (Phi) is 4.11. The molecular formula is C13H10BrFN2OS. The average Bonchev–Trinajstić information content (AvgIpc) is 2.34. The van der Waals surface area contributed by atoms with E-state index in [-0.39, 0.29) is 16.4 Å². The van der Waals surface area contributed by atoms with Gasteiger partial charge in [0.25, 0.3) is 5.56 Å². The van der Waals surface area contributed by atoms with Crippen molar-refractivity contribution in [3.05, 3.63) is 68.3 Å². The largest absolute Gasteiger partial charge is 0.389 e. The van der Waals surface area contributed by atoms with Crippen LogP contribution in [-0.4, -0.2) is 9.56 Å². The maximum Gasteiger partial charge on any atom is 0.261 e. The Labute approximate surface area is 123 Å². The molecule has 2 aromatic rings. The normalized spacial score (nSPS) is 10.4. The highest BCUT2D eigenvalue weighted by Crippen LogP contribution is 2.18. The van der Waals surface area contributed by atoms with Gasteiger partial charge in [0.05, 0.1) is 12.1 Å². The number of halogens is 2. The van der Waals surface area contributed by atoms with Crippen LogP contribution in [0.1, 0.15) is 11.1 Å². The van der Waals surface area contributed by atoms with Crippen LogP contribution in [0.5, 0.6) is 0 Å². The van der Waals surface area contributed by atoms with Crippen LogP contribution in [0, 0.1) is 5.82 Å². The van der Waals surface area contributed by atoms with Crippen LogP contribution in [0.4, 0.5) is 4.39 Å². The molecule has 98 valence electrons. The maximum atomic E-state index is 13.0. The topological polar surface area (TPSA) is 48.0 Å². The summed E-state index contributed by atoms with van der Waals surface area (Å²) < 4.78 is 15.1. The zero-order valence-corrected chi connectivity index (χ0v) is 12.2. The third-order valence-electron chi connectivity index (χ3n) is 2.64. The fourth-order valence-electron chi connectivity index (χ4n) is 1.68. The number of nitrogens with zero attached hydrogens (tertiary/aromatic N) is 1. The van der Waals surface area contributed by atoms with E-state index < -0.39 is 0 Å². The molecule has 0 spiro atoms. The number of nitrogens with two attached hydrogens (primary N) is 1. The van der Waals surface area contributed by atoms with Gasteiger partial charge in [0.15, 0.2) is 0 Å². The number of benzene rings is 1. The van der Waals surface area contributed by atoms with Crippen LogP contribution in [0.2, 0.25) is 0 Å². The molecule has 19 heavy (non-hydrogen) atoms. The van der Waals surface area contributed by atoms with Crippen molar-refractivity contribution in [3.8, 4) is 0 Å². The van der Waals surface area contributed by atoms with Crippen molar-refractivity contribution in [1.82, 2.24) is 4.57 Å². The standard InChI is InChI=1S/C13H10BrFN2OS/c14-11-6-9(15)4-3-8(11)7-17-5-1-2-10(12(16)19)13(17)18/h1-6H,7H2,(H2,16,19). The van der Waals surface area contributed by atoms with Gasteiger partial charge in [0, 0.05) is 10.7 Å². The van der Waals surface area contributed by atoms with Gasteiger partial charge in [-0.05, 0) is 29.8 Å². The molecule has 1 aromatic heterocycles. The third-order valence-corrected chi connectivity index (χ3v) is 3.60. The SMILES string of the molecule is NC(=S)c1cccn(Cc2ccc(F)cc2Br)c1=O. The van der Waals surface area contributed by atoms with E-state index in [1.807, 2.05) is 0 Å². The summed E-state index contributed by atoms with van der Waals surface area (Å²) in [5, 5.41) is 0. The molecule has 0 radical (unpaired) electrons. The molecule has 2 N–H and O–H groups in total. The van der Waals surface area contributed by atoms with Gasteiger partial charge in [-0.1, -0.05) is 34.2 Å². The summed E-state index contributed by atoms with van der Waals surface area (Å²) in [4.78, 5) is 12.2. The zero-order valence-electron chi connectivity index (χ0n) is 9.77. The van der Waals surface area contributed by atoms with E-state index in [0.29, 0.717) is 16.6 Å². The Bertz CT molecular complexity index is 699. The highest BCUT2D eigenvalue weighted by Gasteiger charge is 2.08. The van der Waals surface area contributed by atoms with E-state index in [1.165, 1.54) is 16.7 Å². The van der Waals surface area contributed by atoms with E-state index in [0.717, 1.165) is 5.56 Å². The summed E-state index contributed by atoms with van der Waals surface area (Å²) in [5.41, 5.74) is 6.32. The predicted octanol–water partition coefficient (Wildman–Crippen LogP) is 2.43. The summed E-state index contributed by atoms with van der Waals surface area (Å²) in [5.74, 6) is -0.333. The second-order valence-corrected chi connectivity index (χ2v) is 5.25. The summed E-state index contributed by atoms with van der Waals surface area (Å²) in [7, 11) is 0. The third kappa shape index (κ3) is 3.08. The van der Waals surface area contributed by atoms with Gasteiger partial charge in [-0.25, -0.2) is 4.39 Å². The molecular weight excluding hydrogens is 331 g/mol. The van der Waals surface area contributed by atoms with Crippen LogP contribution in [0.15, 0.2) is 45.8 Å². The van der Waals surface area contributed by atoms with Gasteiger partial charge in [-0.2, -0.15) is 0 Å². The van der Waals surface area contributed by atoms with Crippen LogP contribution in [0.3, 0.4) is 0 Å². The van der Waals surface area contributed by atoms with Crippen molar-refractivity contribution < 1.29 is 4.39 Å². The Hall–Kier alpha value is -1.53. The molecule has 0 atom stereocenters. The van der Waals surface area contributed by atoms with E-state index in [9.17, 15) is 9.18 Å². The first-order valence-electron chi connectivity index (χ1n) is 5.42. The first-order chi connectivity index (χ1) is 8.99. The van der Waals surface area contributed by atoms with Gasteiger partial charge < -0.3 is 10.3 Å². The number of rotatable bonds is 3. The number of hydrogen-bond donors (Lipinski definition) is 1. The maximum absolute atomic E-state index is 13.0. The second kappa shape index (κ2) is 5.63. The first kappa shape index (κ1) is 13.9. The molecule has 0 bridgehead atoms. The van der Waals surface area contributed by atoms with Crippen LogP contribution >= 0.6 is 28.1 Å². The quantitative estimate of drug-likeness (QED) is 0.873. The minimum absolute atomic E-state index is 0.0671. The average molecular weight is 341 g/mol. The number of aromatic nitrogens is 1. The molecule has 0 saturated heterocycles. The van der Waals surface area contributed by atoms with E-state index in [4.69, 9.17) is 18.0 Å². The van der Waals surface area contributed by atoms with Crippen LogP contribution < -0.4 is 11.3 Å². The van der Waals surface area contributed by atoms with E-state index in [1.54, 1.807) is 24.4 Å². The molecule has 2 rings (SSSR count). The Morgan fingerprint density at radius 3 is 2.79 bits per heavy atom. The Balaban J connectivity index is 2.42. The molecule has 3 nitrogen and oxygen atoms in total. The number of pyridine rings is 1. The molecule has 0 amide bonds. The fraction of sp³-hybridized carbons (Fsp3) is 0.0769. The fourth-order valence-corrected chi connectivity index (χ4v) is 2.31. The van der Waals surface area contributed by atoms with Gasteiger partial charge >= 0.3 is 0 Å². The molecule has 0 aliphatic heterocycles. The van der Waals surface area contributed by atoms with Gasteiger partial charge in [-0.3, -0.25) is 4.79 Å². The summed E-state index contributed by atoms with van der Waals surface area (Å²) >= 11 is 8.09. The predicted molar refractivity (Wildman–Crippen MR) is 79.8 cm³/mol. The highest BCUT2D eigenvalue weighted by atomic mass is 79.9. The Morgan fingerprint density at radius 2 is 2.16 bits per heavy atom. The number of hydrogen-bond acceptors (Lipinski definition) is 2. The van der Waals surface area contributed by atoms with Crippen molar-refractivity contribution >= 4 is 33.1 Å². The summed E-state index contributed by atoms with van der Waals surface area (Å²) in [6.07, 6.45) is 1.64. The lowest BCUT2D eigenvalue weighted by Gasteiger charge is -2.09. The van der Waals surface area contributed by atoms with Crippen molar-refractivity contribution in [2.45, 2.75) is 6.54 Å². The van der Waals surface area contributed by atoms with Crippen molar-refractivity contribution in [3.63, 3.8) is 0 Å². The number of thiocarbonyl (C=S) groups is 1. The van der Waals surface area contributed by atoms with Gasteiger partial charge in [0.2, 0.25) is 0 Å². The van der Waals surface area contributed by atoms with Crippen molar-refractivity contribution in [1.29, 1.82) is 0 Å². The lowest BCUT2D eigenvalue weighted by molar-refractivity contribution is 0.624. The molecule has 0 saturated carbocycles. The van der Waals surface area contributed by atoms with Crippen LogP contribution in [-0.2, 0) is 6.54 Å². The monoisotopic (exact) mass is 340 g/mol. The first-order valence-corrected chi connectivity index (χ1v) is 6.62. The molecule has 0 aliphatic carbocycles. The molecule has 6 heteroatoms. The lowest BCUT2D eigenvalue weighted by Crippen LogP contribution is -2.28. The summed E-state index contributed by atoms with van der Waals surface area (Å²) in [6.45, 7) is 0.316. The highest BCUT2D eigenvalue weighted by molar-refractivity contribution is 9.10. The van der Waals surface area contributed by atoms with Crippen molar-refractivity contribution in [2.24, 2.45) is 5.73 Å².